The number of benzene rings is 1. The Morgan fingerprint density at radius 1 is 1.12 bits per heavy atom. The molecule has 2 fully saturated rings. The minimum atomic E-state index is 0.0477. The lowest BCUT2D eigenvalue weighted by molar-refractivity contribution is -0.123. The Kier molecular flexibility index (Phi) is 6.67. The van der Waals surface area contributed by atoms with E-state index in [0.29, 0.717) is 0 Å². The third-order valence-corrected chi connectivity index (χ3v) is 5.43. The van der Waals surface area contributed by atoms with Crippen LogP contribution in [0.5, 0.6) is 0 Å². The van der Waals surface area contributed by atoms with E-state index in [1.165, 1.54) is 44.3 Å². The van der Waals surface area contributed by atoms with Crippen LogP contribution < -0.4 is 10.6 Å². The van der Waals surface area contributed by atoms with Gasteiger partial charge in [-0.15, -0.1) is 0 Å². The van der Waals surface area contributed by atoms with Gasteiger partial charge in [0, 0.05) is 13.1 Å². The van der Waals surface area contributed by atoms with Crippen molar-refractivity contribution in [1.29, 1.82) is 0 Å². The fourth-order valence-corrected chi connectivity index (χ4v) is 3.87. The van der Waals surface area contributed by atoms with Crippen molar-refractivity contribution in [2.24, 2.45) is 5.92 Å². The van der Waals surface area contributed by atoms with E-state index in [0.717, 1.165) is 38.4 Å². The number of carbonyl (C=O) groups is 1. The third-order valence-electron chi connectivity index (χ3n) is 5.43. The monoisotopic (exact) mass is 329 g/mol. The van der Waals surface area contributed by atoms with Crippen LogP contribution in [0, 0.1) is 5.92 Å². The number of carbonyl (C=O) groups excluding carboxylic acids is 1. The normalized spacial score (nSPS) is 23.1. The zero-order chi connectivity index (χ0) is 16.6. The average Bonchev–Trinajstić information content (AvgIpc) is 2.65. The zero-order valence-electron chi connectivity index (χ0n) is 14.7. The number of amides is 1. The highest BCUT2D eigenvalue weighted by atomic mass is 16.2. The quantitative estimate of drug-likeness (QED) is 0.843. The van der Waals surface area contributed by atoms with E-state index < -0.39 is 0 Å². The van der Waals surface area contributed by atoms with E-state index in [2.05, 4.69) is 45.9 Å². The maximum Gasteiger partial charge on any atom is 0.237 e. The second-order valence-electron chi connectivity index (χ2n) is 7.29. The summed E-state index contributed by atoms with van der Waals surface area (Å²) >= 11 is 0. The largest absolute Gasteiger partial charge is 0.355 e. The Bertz CT molecular complexity index is 491. The van der Waals surface area contributed by atoms with Gasteiger partial charge in [0.1, 0.15) is 0 Å². The molecule has 2 aliphatic rings. The van der Waals surface area contributed by atoms with E-state index in [1.54, 1.807) is 0 Å². The number of nitrogens with one attached hydrogen (secondary N) is 2. The highest BCUT2D eigenvalue weighted by Crippen LogP contribution is 2.21. The van der Waals surface area contributed by atoms with Crippen molar-refractivity contribution in [2.75, 3.05) is 26.2 Å². The lowest BCUT2D eigenvalue weighted by atomic mass is 9.93. The van der Waals surface area contributed by atoms with Crippen LogP contribution in [-0.4, -0.2) is 43.0 Å². The van der Waals surface area contributed by atoms with Crippen molar-refractivity contribution in [2.45, 2.75) is 51.1 Å². The van der Waals surface area contributed by atoms with Crippen molar-refractivity contribution in [1.82, 2.24) is 15.5 Å². The summed E-state index contributed by atoms with van der Waals surface area (Å²) < 4.78 is 0. The van der Waals surface area contributed by atoms with Crippen LogP contribution in [0.25, 0.3) is 0 Å². The number of likely N-dealkylation sites (tertiary alicyclic amines) is 1. The summed E-state index contributed by atoms with van der Waals surface area (Å²) in [7, 11) is 0. The summed E-state index contributed by atoms with van der Waals surface area (Å²) in [5.41, 5.74) is 1.41. The van der Waals surface area contributed by atoms with Crippen molar-refractivity contribution in [3.05, 3.63) is 35.9 Å². The average molecular weight is 329 g/mol. The van der Waals surface area contributed by atoms with E-state index in [1.807, 2.05) is 0 Å². The Morgan fingerprint density at radius 3 is 2.62 bits per heavy atom. The van der Waals surface area contributed by atoms with E-state index in [4.69, 9.17) is 0 Å². The van der Waals surface area contributed by atoms with Gasteiger partial charge in [0.05, 0.1) is 6.04 Å². The molecule has 2 aliphatic heterocycles. The molecular weight excluding hydrogens is 298 g/mol. The molecule has 4 heteroatoms. The molecule has 0 unspecified atom stereocenters. The number of piperidine rings is 2. The van der Waals surface area contributed by atoms with Crippen LogP contribution in [0.15, 0.2) is 30.3 Å². The maximum absolute atomic E-state index is 12.1. The molecule has 2 saturated heterocycles. The Morgan fingerprint density at radius 2 is 1.92 bits per heavy atom. The lowest BCUT2D eigenvalue weighted by Crippen LogP contribution is -2.47. The van der Waals surface area contributed by atoms with Crippen molar-refractivity contribution in [3.8, 4) is 0 Å². The first-order valence-corrected chi connectivity index (χ1v) is 9.58. The molecule has 0 bridgehead atoms. The van der Waals surface area contributed by atoms with Gasteiger partial charge in [0.2, 0.25) is 5.91 Å². The highest BCUT2D eigenvalue weighted by Gasteiger charge is 2.22. The van der Waals surface area contributed by atoms with Gasteiger partial charge in [0.15, 0.2) is 0 Å². The summed E-state index contributed by atoms with van der Waals surface area (Å²) in [6, 6.07) is 10.8. The summed E-state index contributed by atoms with van der Waals surface area (Å²) in [6.45, 7) is 5.24. The summed E-state index contributed by atoms with van der Waals surface area (Å²) in [5.74, 6) is 0.966. The number of rotatable bonds is 6. The fourth-order valence-electron chi connectivity index (χ4n) is 3.87. The van der Waals surface area contributed by atoms with Crippen molar-refractivity contribution in [3.63, 3.8) is 0 Å². The predicted octanol–water partition coefficient (Wildman–Crippen LogP) is 2.55. The molecule has 2 N–H and O–H groups in total. The van der Waals surface area contributed by atoms with Gasteiger partial charge in [-0.05, 0) is 63.2 Å². The smallest absolute Gasteiger partial charge is 0.237 e. The summed E-state index contributed by atoms with van der Waals surface area (Å²) in [4.78, 5) is 14.7. The molecule has 24 heavy (non-hydrogen) atoms. The molecule has 132 valence electrons. The molecule has 3 rings (SSSR count). The molecule has 1 amide bonds. The standard InChI is InChI=1S/C20H31N3O/c24-20(19-8-4-5-12-21-19)22-13-9-17-10-14-23(15-11-17)16-18-6-2-1-3-7-18/h1-3,6-7,17,19,21H,4-5,8-16H2,(H,22,24)/t19-/m0/s1. The van der Waals surface area contributed by atoms with Gasteiger partial charge in [-0.3, -0.25) is 9.69 Å². The number of hydrogen-bond donors (Lipinski definition) is 2. The SMILES string of the molecule is O=C(NCCC1CCN(Cc2ccccc2)CC1)[C@@H]1CCCCN1. The van der Waals surface area contributed by atoms with Crippen LogP contribution >= 0.6 is 0 Å². The molecule has 1 atom stereocenters. The minimum Gasteiger partial charge on any atom is -0.355 e. The molecule has 4 nitrogen and oxygen atoms in total. The molecular formula is C20H31N3O. The van der Waals surface area contributed by atoms with Crippen LogP contribution in [-0.2, 0) is 11.3 Å². The van der Waals surface area contributed by atoms with Gasteiger partial charge in [-0.2, -0.15) is 0 Å². The van der Waals surface area contributed by atoms with E-state index >= 15 is 0 Å². The van der Waals surface area contributed by atoms with E-state index in [9.17, 15) is 4.79 Å². The first-order chi connectivity index (χ1) is 11.8. The third kappa shape index (κ3) is 5.32. The predicted molar refractivity (Wildman–Crippen MR) is 97.7 cm³/mol. The molecule has 0 aliphatic carbocycles. The zero-order valence-corrected chi connectivity index (χ0v) is 14.7. The second kappa shape index (κ2) is 9.19. The Labute approximate surface area is 146 Å². The minimum absolute atomic E-state index is 0.0477. The first kappa shape index (κ1) is 17.4. The number of hydrogen-bond acceptors (Lipinski definition) is 3. The maximum atomic E-state index is 12.1. The topological polar surface area (TPSA) is 44.4 Å². The summed E-state index contributed by atoms with van der Waals surface area (Å²) in [6.07, 6.45) is 6.99. The molecule has 0 radical (unpaired) electrons. The van der Waals surface area contributed by atoms with Crippen LogP contribution in [0.1, 0.15) is 44.1 Å². The Hall–Kier alpha value is -1.39. The van der Waals surface area contributed by atoms with Gasteiger partial charge in [-0.25, -0.2) is 0 Å². The van der Waals surface area contributed by atoms with Crippen molar-refractivity contribution < 1.29 is 4.79 Å². The van der Waals surface area contributed by atoms with Gasteiger partial charge in [0.25, 0.3) is 0 Å². The first-order valence-electron chi connectivity index (χ1n) is 9.58. The molecule has 0 spiro atoms. The lowest BCUT2D eigenvalue weighted by Gasteiger charge is -2.32. The molecule has 1 aromatic rings. The Balaban J connectivity index is 1.30. The fraction of sp³-hybridized carbons (Fsp3) is 0.650. The highest BCUT2D eigenvalue weighted by molar-refractivity contribution is 5.81. The van der Waals surface area contributed by atoms with Gasteiger partial charge >= 0.3 is 0 Å². The molecule has 1 aromatic carbocycles. The van der Waals surface area contributed by atoms with Gasteiger partial charge in [-0.1, -0.05) is 36.8 Å². The molecule has 2 heterocycles. The van der Waals surface area contributed by atoms with Crippen molar-refractivity contribution >= 4 is 5.91 Å². The van der Waals surface area contributed by atoms with Crippen LogP contribution in [0.2, 0.25) is 0 Å². The number of nitrogens with zero attached hydrogens (tertiary/aromatic N) is 1. The van der Waals surface area contributed by atoms with Gasteiger partial charge < -0.3 is 10.6 Å². The molecule has 0 aromatic heterocycles. The van der Waals surface area contributed by atoms with Crippen LogP contribution in [0.4, 0.5) is 0 Å². The second-order valence-corrected chi connectivity index (χ2v) is 7.29. The van der Waals surface area contributed by atoms with Crippen LogP contribution in [0.3, 0.4) is 0 Å². The summed E-state index contributed by atoms with van der Waals surface area (Å²) in [5, 5.41) is 6.45. The van der Waals surface area contributed by atoms with E-state index in [-0.39, 0.29) is 11.9 Å². The molecule has 0 saturated carbocycles.